The molecule has 4 rings (SSSR count). The maximum absolute atomic E-state index is 13.0. The number of amides is 1. The Morgan fingerprint density at radius 3 is 2.71 bits per heavy atom. The van der Waals surface area contributed by atoms with Gasteiger partial charge in [0.25, 0.3) is 5.56 Å². The van der Waals surface area contributed by atoms with Crippen LogP contribution in [0.15, 0.2) is 34.2 Å². The van der Waals surface area contributed by atoms with Crippen LogP contribution >= 0.6 is 11.8 Å². The Kier molecular flexibility index (Phi) is 5.50. The highest BCUT2D eigenvalue weighted by atomic mass is 32.2. The summed E-state index contributed by atoms with van der Waals surface area (Å²) in [6.07, 6.45) is 5.48. The van der Waals surface area contributed by atoms with Gasteiger partial charge in [-0.15, -0.1) is 0 Å². The summed E-state index contributed by atoms with van der Waals surface area (Å²) < 4.78 is 1.81. The van der Waals surface area contributed by atoms with E-state index in [1.165, 1.54) is 24.6 Å². The van der Waals surface area contributed by atoms with E-state index in [0.29, 0.717) is 27.9 Å². The van der Waals surface area contributed by atoms with Crippen LogP contribution in [0.5, 0.6) is 0 Å². The monoisotopic (exact) mass is 399 g/mol. The number of hydrogen-bond acceptors (Lipinski definition) is 4. The molecule has 1 aromatic heterocycles. The number of benzene rings is 1. The molecule has 6 heteroatoms. The number of nitrogens with one attached hydrogen (secondary N) is 1. The van der Waals surface area contributed by atoms with E-state index in [0.717, 1.165) is 19.3 Å². The number of carbonyl (C=O) groups is 1. The Balaban J connectivity index is 1.55. The van der Waals surface area contributed by atoms with Crippen molar-refractivity contribution in [3.05, 3.63) is 34.6 Å². The fourth-order valence-corrected chi connectivity index (χ4v) is 5.15. The largest absolute Gasteiger partial charge is 0.352 e. The first-order valence-electron chi connectivity index (χ1n) is 10.4. The van der Waals surface area contributed by atoms with Gasteiger partial charge in [-0.3, -0.25) is 14.2 Å². The first-order chi connectivity index (χ1) is 13.5. The lowest BCUT2D eigenvalue weighted by Crippen LogP contribution is -2.46. The second-order valence-corrected chi connectivity index (χ2v) is 9.77. The van der Waals surface area contributed by atoms with E-state index in [4.69, 9.17) is 4.98 Å². The average molecular weight is 400 g/mol. The highest BCUT2D eigenvalue weighted by Gasteiger charge is 2.32. The molecule has 2 aromatic rings. The molecule has 1 heterocycles. The minimum atomic E-state index is -0.289. The van der Waals surface area contributed by atoms with Crippen LogP contribution in [0.4, 0.5) is 0 Å². The van der Waals surface area contributed by atoms with E-state index >= 15 is 0 Å². The molecule has 1 amide bonds. The van der Waals surface area contributed by atoms with E-state index in [1.807, 2.05) is 35.8 Å². The van der Waals surface area contributed by atoms with E-state index < -0.39 is 0 Å². The maximum atomic E-state index is 13.0. The Bertz CT molecular complexity index is 937. The molecule has 2 fully saturated rings. The molecule has 4 atom stereocenters. The van der Waals surface area contributed by atoms with Crippen LogP contribution in [0.1, 0.15) is 58.9 Å². The second kappa shape index (κ2) is 7.90. The molecule has 0 saturated heterocycles. The molecular formula is C22H29N3O2S. The van der Waals surface area contributed by atoms with Gasteiger partial charge in [0.15, 0.2) is 5.16 Å². The van der Waals surface area contributed by atoms with E-state index in [1.54, 1.807) is 0 Å². The van der Waals surface area contributed by atoms with E-state index in [-0.39, 0.29) is 28.8 Å². The zero-order chi connectivity index (χ0) is 19.8. The predicted octanol–water partition coefficient (Wildman–Crippen LogP) is 4.15. The minimum Gasteiger partial charge on any atom is -0.352 e. The van der Waals surface area contributed by atoms with Crippen LogP contribution in [0, 0.1) is 11.8 Å². The summed E-state index contributed by atoms with van der Waals surface area (Å²) in [7, 11) is 0. The van der Waals surface area contributed by atoms with Crippen LogP contribution < -0.4 is 10.9 Å². The van der Waals surface area contributed by atoms with Crippen molar-refractivity contribution in [2.75, 3.05) is 0 Å². The summed E-state index contributed by atoms with van der Waals surface area (Å²) in [5.41, 5.74) is 0.715. The van der Waals surface area contributed by atoms with Crippen molar-refractivity contribution in [1.82, 2.24) is 14.9 Å². The smallest absolute Gasteiger partial charge is 0.262 e. The van der Waals surface area contributed by atoms with Crippen molar-refractivity contribution >= 4 is 28.6 Å². The molecule has 0 radical (unpaired) electrons. The lowest BCUT2D eigenvalue weighted by Gasteiger charge is -2.35. The summed E-state index contributed by atoms with van der Waals surface area (Å²) in [6.45, 7) is 6.42. The number of carbonyl (C=O) groups excluding carboxylic acids is 1. The van der Waals surface area contributed by atoms with E-state index in [2.05, 4.69) is 19.2 Å². The van der Waals surface area contributed by atoms with Gasteiger partial charge < -0.3 is 5.32 Å². The van der Waals surface area contributed by atoms with Crippen LogP contribution in [0.3, 0.4) is 0 Å². The zero-order valence-corrected chi connectivity index (χ0v) is 17.7. The lowest BCUT2D eigenvalue weighted by atomic mass is 9.78. The van der Waals surface area contributed by atoms with Gasteiger partial charge in [-0.25, -0.2) is 4.98 Å². The Labute approximate surface area is 170 Å². The first kappa shape index (κ1) is 19.5. The molecule has 0 aliphatic heterocycles. The first-order valence-corrected chi connectivity index (χ1v) is 11.3. The second-order valence-electron chi connectivity index (χ2n) is 8.46. The van der Waals surface area contributed by atoms with Crippen molar-refractivity contribution in [3.8, 4) is 0 Å². The fraction of sp³-hybridized carbons (Fsp3) is 0.591. The molecule has 1 aromatic carbocycles. The van der Waals surface area contributed by atoms with Gasteiger partial charge >= 0.3 is 0 Å². The number of aromatic nitrogens is 2. The lowest BCUT2D eigenvalue weighted by molar-refractivity contribution is -0.121. The number of rotatable bonds is 5. The van der Waals surface area contributed by atoms with Crippen LogP contribution in [0.2, 0.25) is 0 Å². The third-order valence-electron chi connectivity index (χ3n) is 6.37. The molecule has 2 saturated carbocycles. The molecule has 2 aliphatic carbocycles. The highest BCUT2D eigenvalue weighted by Crippen LogP contribution is 2.38. The van der Waals surface area contributed by atoms with Gasteiger partial charge in [-0.1, -0.05) is 50.6 Å². The SMILES string of the molecule is C[C@H]1[C@@H](NC(=O)[C@@H](C)Sc2nc3ccccc3c(=O)n2C2CC2)CCC[C@@H]1C. The van der Waals surface area contributed by atoms with Crippen LogP contribution in [-0.2, 0) is 4.79 Å². The van der Waals surface area contributed by atoms with Gasteiger partial charge in [0.2, 0.25) is 5.91 Å². The van der Waals surface area contributed by atoms with Crippen molar-refractivity contribution in [2.24, 2.45) is 11.8 Å². The topological polar surface area (TPSA) is 64.0 Å². The molecule has 0 bridgehead atoms. The summed E-state index contributed by atoms with van der Waals surface area (Å²) in [5.74, 6) is 1.18. The number of nitrogens with zero attached hydrogens (tertiary/aromatic N) is 2. The summed E-state index contributed by atoms with van der Waals surface area (Å²) in [6, 6.07) is 7.94. The van der Waals surface area contributed by atoms with E-state index in [9.17, 15) is 9.59 Å². The molecular weight excluding hydrogens is 370 g/mol. The highest BCUT2D eigenvalue weighted by molar-refractivity contribution is 8.00. The van der Waals surface area contributed by atoms with Crippen molar-refractivity contribution in [1.29, 1.82) is 0 Å². The third kappa shape index (κ3) is 3.84. The number of hydrogen-bond donors (Lipinski definition) is 1. The third-order valence-corrected chi connectivity index (χ3v) is 7.44. The minimum absolute atomic E-state index is 0.0120. The molecule has 0 spiro atoms. The van der Waals surface area contributed by atoms with Crippen LogP contribution in [-0.4, -0.2) is 26.8 Å². The van der Waals surface area contributed by atoms with Gasteiger partial charge in [0, 0.05) is 12.1 Å². The molecule has 5 nitrogen and oxygen atoms in total. The summed E-state index contributed by atoms with van der Waals surface area (Å²) in [4.78, 5) is 30.6. The zero-order valence-electron chi connectivity index (χ0n) is 16.9. The molecule has 150 valence electrons. The summed E-state index contributed by atoms with van der Waals surface area (Å²) >= 11 is 1.41. The molecule has 1 N–H and O–H groups in total. The Morgan fingerprint density at radius 2 is 1.96 bits per heavy atom. The molecule has 28 heavy (non-hydrogen) atoms. The predicted molar refractivity (Wildman–Crippen MR) is 114 cm³/mol. The van der Waals surface area contributed by atoms with Crippen molar-refractivity contribution < 1.29 is 4.79 Å². The molecule has 0 unspecified atom stereocenters. The molecule has 2 aliphatic rings. The van der Waals surface area contributed by atoms with Crippen molar-refractivity contribution in [2.45, 2.75) is 75.4 Å². The van der Waals surface area contributed by atoms with Gasteiger partial charge in [-0.2, -0.15) is 0 Å². The summed E-state index contributed by atoms with van der Waals surface area (Å²) in [5, 5.41) is 4.29. The normalized spacial score (nSPS) is 26.2. The van der Waals surface area contributed by atoms with Gasteiger partial charge in [-0.05, 0) is 50.2 Å². The average Bonchev–Trinajstić information content (AvgIpc) is 3.50. The van der Waals surface area contributed by atoms with Crippen molar-refractivity contribution in [3.63, 3.8) is 0 Å². The fourth-order valence-electron chi connectivity index (χ4n) is 4.16. The van der Waals surface area contributed by atoms with Gasteiger partial charge in [0.1, 0.15) is 0 Å². The Hall–Kier alpha value is -1.82. The van der Waals surface area contributed by atoms with Crippen LogP contribution in [0.25, 0.3) is 10.9 Å². The number of fused-ring (bicyclic) bond motifs is 1. The number of para-hydroxylation sites is 1. The standard InChI is InChI=1S/C22H29N3O2S/c1-13-7-6-10-18(14(13)2)23-20(26)15(3)28-22-24-19-9-5-4-8-17(19)21(27)25(22)16-11-12-16/h4-5,8-9,13-16,18H,6-7,10-12H2,1-3H3,(H,23,26)/t13-,14+,15+,18-/m0/s1. The van der Waals surface area contributed by atoms with Gasteiger partial charge in [0.05, 0.1) is 16.2 Å². The Morgan fingerprint density at radius 1 is 1.21 bits per heavy atom. The maximum Gasteiger partial charge on any atom is 0.262 e. The quantitative estimate of drug-likeness (QED) is 0.606. The number of thioether (sulfide) groups is 1.